The lowest BCUT2D eigenvalue weighted by Gasteiger charge is -2.29. The van der Waals surface area contributed by atoms with Crippen molar-refractivity contribution in [3.05, 3.63) is 35.6 Å². The largest absolute Gasteiger partial charge is 0.334 e. The number of amides is 1. The van der Waals surface area contributed by atoms with E-state index in [-0.39, 0.29) is 17.8 Å². The highest BCUT2D eigenvalue weighted by Crippen LogP contribution is 2.29. The molecule has 0 aliphatic heterocycles. The van der Waals surface area contributed by atoms with Gasteiger partial charge in [-0.3, -0.25) is 9.69 Å². The fourth-order valence-corrected chi connectivity index (χ4v) is 3.49. The molecule has 1 aliphatic carbocycles. The minimum Gasteiger partial charge on any atom is -0.334 e. The van der Waals surface area contributed by atoms with Crippen LogP contribution in [0.5, 0.6) is 0 Å². The fraction of sp³-hybridized carbons (Fsp3) is 0.632. The summed E-state index contributed by atoms with van der Waals surface area (Å²) in [5.74, 6) is 2.14. The van der Waals surface area contributed by atoms with Crippen LogP contribution in [0.3, 0.4) is 0 Å². The summed E-state index contributed by atoms with van der Waals surface area (Å²) < 4.78 is 13.9. The third-order valence-electron chi connectivity index (χ3n) is 4.63. The van der Waals surface area contributed by atoms with Gasteiger partial charge in [-0.15, -0.1) is 0 Å². The Kier molecular flexibility index (Phi) is 7.56. The molecular weight excluding hydrogens is 323 g/mol. The van der Waals surface area contributed by atoms with Crippen LogP contribution in [-0.4, -0.2) is 52.9 Å². The molecule has 134 valence electrons. The van der Waals surface area contributed by atoms with Gasteiger partial charge >= 0.3 is 0 Å². The molecule has 1 aromatic carbocycles. The first-order valence-electron chi connectivity index (χ1n) is 8.83. The number of hydrogen-bond acceptors (Lipinski definition) is 3. The van der Waals surface area contributed by atoms with E-state index < -0.39 is 0 Å². The van der Waals surface area contributed by atoms with Crippen LogP contribution in [0.15, 0.2) is 24.3 Å². The molecule has 0 heterocycles. The molecule has 0 saturated heterocycles. The van der Waals surface area contributed by atoms with E-state index in [1.165, 1.54) is 6.07 Å². The molecule has 3 nitrogen and oxygen atoms in total. The Bertz CT molecular complexity index is 536. The van der Waals surface area contributed by atoms with E-state index in [2.05, 4.69) is 18.7 Å². The number of hydrogen-bond donors (Lipinski definition) is 0. The molecule has 5 heteroatoms. The zero-order valence-corrected chi connectivity index (χ0v) is 15.8. The van der Waals surface area contributed by atoms with Crippen molar-refractivity contribution in [1.82, 2.24) is 9.80 Å². The monoisotopic (exact) mass is 352 g/mol. The van der Waals surface area contributed by atoms with Gasteiger partial charge in [0.05, 0.1) is 6.54 Å². The topological polar surface area (TPSA) is 23.6 Å². The molecule has 1 amide bonds. The summed E-state index contributed by atoms with van der Waals surface area (Å²) in [5, 5.41) is 0. The van der Waals surface area contributed by atoms with Crippen LogP contribution in [0.25, 0.3) is 0 Å². The molecule has 1 aromatic rings. The van der Waals surface area contributed by atoms with Crippen molar-refractivity contribution in [2.75, 3.05) is 25.1 Å². The van der Waals surface area contributed by atoms with Crippen molar-refractivity contribution in [3.63, 3.8) is 0 Å². The normalized spacial score (nSPS) is 15.5. The van der Waals surface area contributed by atoms with Crippen molar-refractivity contribution in [3.8, 4) is 0 Å². The Hall–Kier alpha value is -1.07. The molecule has 0 bridgehead atoms. The first-order valence-corrected chi connectivity index (χ1v) is 9.99. The van der Waals surface area contributed by atoms with Crippen molar-refractivity contribution in [1.29, 1.82) is 0 Å². The van der Waals surface area contributed by atoms with E-state index in [4.69, 9.17) is 0 Å². The van der Waals surface area contributed by atoms with Gasteiger partial charge in [-0.2, -0.15) is 11.8 Å². The summed E-state index contributed by atoms with van der Waals surface area (Å²) in [7, 11) is 2.01. The number of nitrogens with zero attached hydrogens (tertiary/aromatic N) is 2. The van der Waals surface area contributed by atoms with Crippen LogP contribution >= 0.6 is 11.8 Å². The zero-order valence-electron chi connectivity index (χ0n) is 15.0. The number of benzene rings is 1. The maximum absolute atomic E-state index is 13.9. The highest BCUT2D eigenvalue weighted by Gasteiger charge is 2.33. The number of likely N-dealkylation sites (N-methyl/N-ethyl adjacent to an activating group) is 1. The van der Waals surface area contributed by atoms with Crippen molar-refractivity contribution in [2.45, 2.75) is 51.7 Å². The highest BCUT2D eigenvalue weighted by atomic mass is 32.2. The third-order valence-corrected chi connectivity index (χ3v) is 5.56. The molecule has 2 rings (SSSR count). The second kappa shape index (κ2) is 9.42. The Morgan fingerprint density at radius 3 is 2.71 bits per heavy atom. The number of carbonyl (C=O) groups is 1. The highest BCUT2D eigenvalue weighted by molar-refractivity contribution is 7.99. The van der Waals surface area contributed by atoms with Crippen molar-refractivity contribution >= 4 is 17.7 Å². The lowest BCUT2D eigenvalue weighted by Crippen LogP contribution is -2.42. The lowest BCUT2D eigenvalue weighted by atomic mass is 10.2. The molecule has 1 fully saturated rings. The Morgan fingerprint density at radius 2 is 2.08 bits per heavy atom. The predicted octanol–water partition coefficient (Wildman–Crippen LogP) is 3.78. The van der Waals surface area contributed by atoms with Gasteiger partial charge in [-0.05, 0) is 50.8 Å². The SMILES string of the molecule is CCSCCC(C)N(C)CC(=O)N(Cc1ccccc1F)C1CC1. The van der Waals surface area contributed by atoms with E-state index in [0.29, 0.717) is 24.7 Å². The van der Waals surface area contributed by atoms with E-state index in [1.807, 2.05) is 29.8 Å². The second-order valence-corrected chi connectivity index (χ2v) is 7.99. The number of thioether (sulfide) groups is 1. The second-order valence-electron chi connectivity index (χ2n) is 6.59. The molecule has 24 heavy (non-hydrogen) atoms. The van der Waals surface area contributed by atoms with Crippen LogP contribution in [0.1, 0.15) is 38.7 Å². The summed E-state index contributed by atoms with van der Waals surface area (Å²) in [5.41, 5.74) is 0.604. The Balaban J connectivity index is 1.91. The standard InChI is InChI=1S/C19H29FN2OS/c1-4-24-12-11-15(2)21(3)14-19(23)22(17-9-10-17)13-16-7-5-6-8-18(16)20/h5-8,15,17H,4,9-14H2,1-3H3. The number of rotatable bonds is 10. The number of carbonyl (C=O) groups excluding carboxylic acids is 1. The molecule has 0 radical (unpaired) electrons. The molecular formula is C19H29FN2OS. The Labute approximate surface area is 149 Å². The zero-order chi connectivity index (χ0) is 17.5. The van der Waals surface area contributed by atoms with Gasteiger partial charge in [0.2, 0.25) is 5.91 Å². The minimum atomic E-state index is -0.228. The quantitative estimate of drug-likeness (QED) is 0.599. The maximum Gasteiger partial charge on any atom is 0.237 e. The minimum absolute atomic E-state index is 0.109. The molecule has 1 atom stereocenters. The van der Waals surface area contributed by atoms with Crippen LogP contribution in [0.4, 0.5) is 4.39 Å². The summed E-state index contributed by atoms with van der Waals surface area (Å²) in [6.45, 7) is 5.12. The number of halogens is 1. The van der Waals surface area contributed by atoms with Crippen LogP contribution in [-0.2, 0) is 11.3 Å². The van der Waals surface area contributed by atoms with Gasteiger partial charge in [-0.1, -0.05) is 25.1 Å². The van der Waals surface area contributed by atoms with Crippen LogP contribution in [0, 0.1) is 5.82 Å². The van der Waals surface area contributed by atoms with E-state index in [0.717, 1.165) is 30.8 Å². The summed E-state index contributed by atoms with van der Waals surface area (Å²) in [6.07, 6.45) is 3.15. The first-order chi connectivity index (χ1) is 11.5. The fourth-order valence-electron chi connectivity index (χ4n) is 2.70. The van der Waals surface area contributed by atoms with Gasteiger partial charge in [0.25, 0.3) is 0 Å². The average molecular weight is 353 g/mol. The van der Waals surface area contributed by atoms with Crippen molar-refractivity contribution < 1.29 is 9.18 Å². The van der Waals surface area contributed by atoms with E-state index >= 15 is 0 Å². The van der Waals surface area contributed by atoms with Gasteiger partial charge in [0.1, 0.15) is 5.82 Å². The Morgan fingerprint density at radius 1 is 1.38 bits per heavy atom. The summed E-state index contributed by atoms with van der Waals surface area (Å²) in [6, 6.07) is 7.41. The van der Waals surface area contributed by atoms with Gasteiger partial charge in [0.15, 0.2) is 0 Å². The summed E-state index contributed by atoms with van der Waals surface area (Å²) >= 11 is 1.93. The lowest BCUT2D eigenvalue weighted by molar-refractivity contribution is -0.133. The molecule has 1 saturated carbocycles. The van der Waals surface area contributed by atoms with Crippen LogP contribution in [0.2, 0.25) is 0 Å². The maximum atomic E-state index is 13.9. The molecule has 1 unspecified atom stereocenters. The smallest absolute Gasteiger partial charge is 0.237 e. The van der Waals surface area contributed by atoms with Gasteiger partial charge < -0.3 is 4.90 Å². The first kappa shape index (κ1) is 19.3. The summed E-state index contributed by atoms with van der Waals surface area (Å²) in [4.78, 5) is 16.7. The van der Waals surface area contributed by atoms with Gasteiger partial charge in [0, 0.05) is 24.2 Å². The average Bonchev–Trinajstić information content (AvgIpc) is 3.38. The van der Waals surface area contributed by atoms with Gasteiger partial charge in [-0.25, -0.2) is 4.39 Å². The van der Waals surface area contributed by atoms with Crippen molar-refractivity contribution in [2.24, 2.45) is 0 Å². The molecule has 0 aromatic heterocycles. The molecule has 0 N–H and O–H groups in total. The van der Waals surface area contributed by atoms with Crippen LogP contribution < -0.4 is 0 Å². The van der Waals surface area contributed by atoms with E-state index in [9.17, 15) is 9.18 Å². The molecule has 1 aliphatic rings. The third kappa shape index (κ3) is 5.78. The van der Waals surface area contributed by atoms with E-state index in [1.54, 1.807) is 12.1 Å². The molecule has 0 spiro atoms. The predicted molar refractivity (Wildman–Crippen MR) is 99.7 cm³/mol.